The number of nitrogens with zero attached hydrogens (tertiary/aromatic N) is 3. The summed E-state index contributed by atoms with van der Waals surface area (Å²) in [5.41, 5.74) is 1.87. The second kappa shape index (κ2) is 6.72. The molecule has 0 unspecified atom stereocenters. The Bertz CT molecular complexity index is 1000. The summed E-state index contributed by atoms with van der Waals surface area (Å²) in [5, 5.41) is 9.94. The van der Waals surface area contributed by atoms with E-state index in [0.717, 1.165) is 11.4 Å². The van der Waals surface area contributed by atoms with Crippen molar-refractivity contribution in [3.8, 4) is 11.5 Å². The Balaban J connectivity index is 1.62. The number of hydrogen-bond acceptors (Lipinski definition) is 4. The van der Waals surface area contributed by atoms with Gasteiger partial charge in [0.05, 0.1) is 6.26 Å². The summed E-state index contributed by atoms with van der Waals surface area (Å²) in [7, 11) is 1.90. The highest BCUT2D eigenvalue weighted by Crippen LogP contribution is 2.22. The highest BCUT2D eigenvalue weighted by Gasteiger charge is 2.22. The highest BCUT2D eigenvalue weighted by molar-refractivity contribution is 5.93. The van der Waals surface area contributed by atoms with Crippen LogP contribution in [0.2, 0.25) is 0 Å². The average molecular weight is 347 g/mol. The van der Waals surface area contributed by atoms with E-state index in [1.165, 1.54) is 0 Å². The summed E-state index contributed by atoms with van der Waals surface area (Å²) in [4.78, 5) is 17.1. The van der Waals surface area contributed by atoms with Gasteiger partial charge in [-0.1, -0.05) is 30.3 Å². The summed E-state index contributed by atoms with van der Waals surface area (Å²) in [6, 6.07) is 14.6. The zero-order chi connectivity index (χ0) is 17.9. The van der Waals surface area contributed by atoms with Crippen molar-refractivity contribution in [3.05, 3.63) is 84.3 Å². The second-order valence-electron chi connectivity index (χ2n) is 5.86. The first-order valence-electron chi connectivity index (χ1n) is 8.14. The van der Waals surface area contributed by atoms with Gasteiger partial charge in [0, 0.05) is 25.5 Å². The van der Waals surface area contributed by atoms with E-state index in [4.69, 9.17) is 4.42 Å². The molecule has 3 aromatic heterocycles. The number of amides is 1. The summed E-state index contributed by atoms with van der Waals surface area (Å²) >= 11 is 0. The lowest BCUT2D eigenvalue weighted by Crippen LogP contribution is -2.31. The molecule has 1 atom stereocenters. The smallest absolute Gasteiger partial charge is 0.272 e. The van der Waals surface area contributed by atoms with Crippen molar-refractivity contribution in [2.45, 2.75) is 6.04 Å². The molecule has 0 saturated heterocycles. The fraction of sp³-hybridized carbons (Fsp3) is 0.105. The molecule has 4 aromatic rings. The van der Waals surface area contributed by atoms with Gasteiger partial charge in [-0.25, -0.2) is 4.98 Å². The molecule has 0 saturated carbocycles. The van der Waals surface area contributed by atoms with Crippen molar-refractivity contribution in [2.24, 2.45) is 7.05 Å². The number of aromatic nitrogens is 4. The van der Waals surface area contributed by atoms with Crippen LogP contribution in [0.4, 0.5) is 0 Å². The fourth-order valence-electron chi connectivity index (χ4n) is 2.80. The third-order valence-corrected chi connectivity index (χ3v) is 4.12. The van der Waals surface area contributed by atoms with Gasteiger partial charge in [-0.3, -0.25) is 9.89 Å². The van der Waals surface area contributed by atoms with E-state index < -0.39 is 0 Å². The van der Waals surface area contributed by atoms with Crippen LogP contribution in [-0.2, 0) is 7.05 Å². The number of rotatable bonds is 5. The van der Waals surface area contributed by atoms with Crippen molar-refractivity contribution in [3.63, 3.8) is 0 Å². The lowest BCUT2D eigenvalue weighted by atomic mass is 10.1. The van der Waals surface area contributed by atoms with E-state index >= 15 is 0 Å². The molecule has 0 bridgehead atoms. The van der Waals surface area contributed by atoms with E-state index in [1.807, 2.05) is 48.1 Å². The van der Waals surface area contributed by atoms with Crippen LogP contribution >= 0.6 is 0 Å². The van der Waals surface area contributed by atoms with Gasteiger partial charge in [-0.2, -0.15) is 5.10 Å². The van der Waals surface area contributed by atoms with Gasteiger partial charge >= 0.3 is 0 Å². The van der Waals surface area contributed by atoms with Gasteiger partial charge in [-0.05, 0) is 17.7 Å². The lowest BCUT2D eigenvalue weighted by molar-refractivity contribution is 0.0936. The number of carbonyl (C=O) groups is 1. The lowest BCUT2D eigenvalue weighted by Gasteiger charge is -2.18. The molecular formula is C19H17N5O2. The maximum atomic E-state index is 12.8. The Hall–Kier alpha value is -3.61. The molecule has 4 rings (SSSR count). The number of H-pyrrole nitrogens is 1. The van der Waals surface area contributed by atoms with Crippen LogP contribution in [0.3, 0.4) is 0 Å². The maximum Gasteiger partial charge on any atom is 0.272 e. The van der Waals surface area contributed by atoms with Crippen LogP contribution in [0.5, 0.6) is 0 Å². The third-order valence-electron chi connectivity index (χ3n) is 4.12. The van der Waals surface area contributed by atoms with E-state index in [2.05, 4.69) is 20.5 Å². The number of aryl methyl sites for hydroxylation is 1. The Kier molecular flexibility index (Phi) is 4.10. The van der Waals surface area contributed by atoms with Crippen molar-refractivity contribution >= 4 is 5.91 Å². The van der Waals surface area contributed by atoms with Crippen molar-refractivity contribution in [1.29, 1.82) is 0 Å². The van der Waals surface area contributed by atoms with Gasteiger partial charge in [0.1, 0.15) is 17.6 Å². The third kappa shape index (κ3) is 3.02. The van der Waals surface area contributed by atoms with Gasteiger partial charge < -0.3 is 14.3 Å². The first kappa shape index (κ1) is 15.9. The van der Waals surface area contributed by atoms with Crippen LogP contribution in [0, 0.1) is 0 Å². The Morgan fingerprint density at radius 2 is 2.08 bits per heavy atom. The molecule has 0 aliphatic heterocycles. The molecule has 0 aliphatic carbocycles. The zero-order valence-corrected chi connectivity index (χ0v) is 14.1. The molecule has 0 spiro atoms. The molecule has 2 N–H and O–H groups in total. The normalized spacial score (nSPS) is 12.0. The summed E-state index contributed by atoms with van der Waals surface area (Å²) < 4.78 is 7.21. The van der Waals surface area contributed by atoms with Crippen LogP contribution in [0.25, 0.3) is 11.5 Å². The Morgan fingerprint density at radius 3 is 2.77 bits per heavy atom. The van der Waals surface area contributed by atoms with Crippen LogP contribution in [-0.4, -0.2) is 25.7 Å². The average Bonchev–Trinajstić information content (AvgIpc) is 3.41. The van der Waals surface area contributed by atoms with Gasteiger partial charge in [0.15, 0.2) is 11.5 Å². The topological polar surface area (TPSA) is 88.7 Å². The number of hydrogen-bond donors (Lipinski definition) is 2. The molecule has 7 heteroatoms. The number of aromatic amines is 1. The molecule has 0 aliphatic rings. The quantitative estimate of drug-likeness (QED) is 0.581. The number of nitrogens with one attached hydrogen (secondary N) is 2. The fourth-order valence-corrected chi connectivity index (χ4v) is 2.80. The van der Waals surface area contributed by atoms with Crippen LogP contribution in [0.1, 0.15) is 27.9 Å². The SMILES string of the molecule is Cn1ccnc1[C@@H](NC(=O)c1cc(-c2ccco2)[nH]n1)c1ccccc1. The minimum atomic E-state index is -0.382. The van der Waals surface area contributed by atoms with E-state index in [9.17, 15) is 4.79 Å². The first-order valence-corrected chi connectivity index (χ1v) is 8.14. The van der Waals surface area contributed by atoms with E-state index in [0.29, 0.717) is 11.5 Å². The predicted molar refractivity (Wildman–Crippen MR) is 95.2 cm³/mol. The number of carbonyl (C=O) groups excluding carboxylic acids is 1. The molecule has 26 heavy (non-hydrogen) atoms. The Morgan fingerprint density at radius 1 is 1.23 bits per heavy atom. The maximum absolute atomic E-state index is 12.8. The number of imidazole rings is 1. The largest absolute Gasteiger partial charge is 0.463 e. The summed E-state index contributed by atoms with van der Waals surface area (Å²) in [6.45, 7) is 0. The minimum Gasteiger partial charge on any atom is -0.463 e. The molecule has 7 nitrogen and oxygen atoms in total. The molecule has 1 aromatic carbocycles. The van der Waals surface area contributed by atoms with Crippen molar-refractivity contribution in [2.75, 3.05) is 0 Å². The summed E-state index contributed by atoms with van der Waals surface area (Å²) in [5.74, 6) is 1.07. The first-order chi connectivity index (χ1) is 12.7. The number of furan rings is 1. The standard InChI is InChI=1S/C19H17N5O2/c1-24-10-9-20-18(24)17(13-6-3-2-4-7-13)21-19(25)15-12-14(22-23-15)16-8-5-11-26-16/h2-12,17H,1H3,(H,21,25)(H,22,23)/t17-/m0/s1. The minimum absolute atomic E-state index is 0.284. The molecule has 3 heterocycles. The van der Waals surface area contributed by atoms with Crippen LogP contribution in [0.15, 0.2) is 71.6 Å². The molecule has 0 fully saturated rings. The van der Waals surface area contributed by atoms with E-state index in [-0.39, 0.29) is 17.6 Å². The van der Waals surface area contributed by atoms with Crippen molar-refractivity contribution in [1.82, 2.24) is 25.1 Å². The molecular weight excluding hydrogens is 330 g/mol. The molecule has 0 radical (unpaired) electrons. The number of benzene rings is 1. The van der Waals surface area contributed by atoms with Crippen molar-refractivity contribution < 1.29 is 9.21 Å². The second-order valence-corrected chi connectivity index (χ2v) is 5.86. The van der Waals surface area contributed by atoms with Crippen LogP contribution < -0.4 is 5.32 Å². The summed E-state index contributed by atoms with van der Waals surface area (Å²) in [6.07, 6.45) is 5.13. The predicted octanol–water partition coefficient (Wildman–Crippen LogP) is 2.92. The highest BCUT2D eigenvalue weighted by atomic mass is 16.3. The Labute approximate surface area is 149 Å². The molecule has 1 amide bonds. The van der Waals surface area contributed by atoms with E-state index in [1.54, 1.807) is 30.7 Å². The van der Waals surface area contributed by atoms with Gasteiger partial charge in [0.25, 0.3) is 5.91 Å². The van der Waals surface area contributed by atoms with Gasteiger partial charge in [0.2, 0.25) is 0 Å². The molecule has 130 valence electrons. The zero-order valence-electron chi connectivity index (χ0n) is 14.1. The monoisotopic (exact) mass is 347 g/mol. The van der Waals surface area contributed by atoms with Gasteiger partial charge in [-0.15, -0.1) is 0 Å².